The van der Waals surface area contributed by atoms with Gasteiger partial charge < -0.3 is 4.57 Å². The highest BCUT2D eigenvalue weighted by atomic mass is 32.2. The molecule has 0 unspecified atom stereocenters. The van der Waals surface area contributed by atoms with Crippen molar-refractivity contribution in [3.8, 4) is 11.4 Å². The molecule has 0 saturated carbocycles. The Morgan fingerprint density at radius 2 is 1.70 bits per heavy atom. The number of halogens is 3. The van der Waals surface area contributed by atoms with Crippen LogP contribution in [0.2, 0.25) is 0 Å². The summed E-state index contributed by atoms with van der Waals surface area (Å²) in [5.74, 6) is 0.0894. The molecule has 2 aromatic carbocycles. The maximum Gasteiger partial charge on any atom is 0.434 e. The van der Waals surface area contributed by atoms with Crippen molar-refractivity contribution < 1.29 is 21.6 Å². The van der Waals surface area contributed by atoms with Gasteiger partial charge in [-0.1, -0.05) is 24.3 Å². The average molecular weight is 395 g/mol. The number of nitrogens with zero attached hydrogens (tertiary/aromatic N) is 2. The zero-order valence-corrected chi connectivity index (χ0v) is 15.1. The van der Waals surface area contributed by atoms with Gasteiger partial charge in [-0.05, 0) is 42.3 Å². The minimum Gasteiger partial charge on any atom is -0.326 e. The van der Waals surface area contributed by atoms with E-state index in [1.54, 1.807) is 0 Å². The van der Waals surface area contributed by atoms with Crippen molar-refractivity contribution in [3.63, 3.8) is 0 Å². The molecule has 0 aliphatic carbocycles. The van der Waals surface area contributed by atoms with Crippen molar-refractivity contribution in [1.29, 1.82) is 0 Å². The van der Waals surface area contributed by atoms with Crippen LogP contribution in [0.3, 0.4) is 0 Å². The van der Waals surface area contributed by atoms with Crippen LogP contribution in [0, 0.1) is 6.92 Å². The van der Waals surface area contributed by atoms with Crippen molar-refractivity contribution in [2.24, 2.45) is 5.14 Å². The minimum atomic E-state index is -4.59. The third-order valence-corrected chi connectivity index (χ3v) is 5.04. The Morgan fingerprint density at radius 1 is 1.07 bits per heavy atom. The highest BCUT2D eigenvalue weighted by Crippen LogP contribution is 2.32. The molecule has 0 bridgehead atoms. The molecule has 3 rings (SSSR count). The van der Waals surface area contributed by atoms with Crippen molar-refractivity contribution in [2.45, 2.75) is 24.5 Å². The molecule has 1 heterocycles. The predicted molar refractivity (Wildman–Crippen MR) is 94.3 cm³/mol. The Bertz CT molecular complexity index is 1070. The van der Waals surface area contributed by atoms with E-state index in [2.05, 4.69) is 4.98 Å². The zero-order valence-electron chi connectivity index (χ0n) is 14.2. The maximum absolute atomic E-state index is 13.2. The first-order valence-corrected chi connectivity index (χ1v) is 9.42. The van der Waals surface area contributed by atoms with Gasteiger partial charge in [-0.15, -0.1) is 0 Å². The molecule has 3 aromatic rings. The summed E-state index contributed by atoms with van der Waals surface area (Å²) in [6, 6.07) is 12.6. The first-order valence-electron chi connectivity index (χ1n) is 7.88. The van der Waals surface area contributed by atoms with Crippen LogP contribution < -0.4 is 5.14 Å². The summed E-state index contributed by atoms with van der Waals surface area (Å²) in [7, 11) is -3.89. The van der Waals surface area contributed by atoms with Gasteiger partial charge in [0.1, 0.15) is 5.82 Å². The molecule has 0 spiro atoms. The molecule has 0 atom stereocenters. The number of primary sulfonamides is 1. The number of benzene rings is 2. The third-order valence-electron chi connectivity index (χ3n) is 4.11. The highest BCUT2D eigenvalue weighted by Gasteiger charge is 2.35. The Balaban J connectivity index is 2.08. The highest BCUT2D eigenvalue weighted by molar-refractivity contribution is 7.89. The topological polar surface area (TPSA) is 78.0 Å². The summed E-state index contributed by atoms with van der Waals surface area (Å²) < 4.78 is 63.6. The van der Waals surface area contributed by atoms with E-state index < -0.39 is 21.9 Å². The molecule has 142 valence electrons. The van der Waals surface area contributed by atoms with Crippen LogP contribution in [0.1, 0.15) is 16.8 Å². The lowest BCUT2D eigenvalue weighted by molar-refractivity contribution is -0.140. The Morgan fingerprint density at radius 3 is 2.26 bits per heavy atom. The normalized spacial score (nSPS) is 12.3. The summed E-state index contributed by atoms with van der Waals surface area (Å²) in [4.78, 5) is 3.60. The van der Waals surface area contributed by atoms with E-state index in [1.807, 2.05) is 31.2 Å². The second-order valence-corrected chi connectivity index (χ2v) is 7.63. The number of hydrogen-bond acceptors (Lipinski definition) is 3. The van der Waals surface area contributed by atoms with Crippen LogP contribution in [0.25, 0.3) is 11.4 Å². The lowest BCUT2D eigenvalue weighted by Crippen LogP contribution is -2.11. The molecular formula is C18H16F3N3O2S. The van der Waals surface area contributed by atoms with Gasteiger partial charge in [-0.25, -0.2) is 18.5 Å². The molecule has 9 heteroatoms. The second kappa shape index (κ2) is 6.82. The smallest absolute Gasteiger partial charge is 0.326 e. The van der Waals surface area contributed by atoms with E-state index in [9.17, 15) is 21.6 Å². The maximum atomic E-state index is 13.2. The SMILES string of the molecule is Cc1ccccc1Cn1cc(C(F)(F)F)nc1-c1ccc(S(N)(=O)=O)cc1. The number of aromatic nitrogens is 2. The van der Waals surface area contributed by atoms with Gasteiger partial charge in [-0.3, -0.25) is 0 Å². The van der Waals surface area contributed by atoms with Gasteiger partial charge in [0.05, 0.1) is 4.90 Å². The standard InChI is InChI=1S/C18H16F3N3O2S/c1-12-4-2-3-5-14(12)10-24-11-16(18(19,20)21)23-17(24)13-6-8-15(9-7-13)27(22,25)26/h2-9,11H,10H2,1H3,(H2,22,25,26). The Labute approximate surface area is 154 Å². The number of rotatable bonds is 4. The molecular weight excluding hydrogens is 379 g/mol. The molecule has 0 saturated heterocycles. The Hall–Kier alpha value is -2.65. The van der Waals surface area contributed by atoms with E-state index in [1.165, 1.54) is 28.8 Å². The van der Waals surface area contributed by atoms with Gasteiger partial charge >= 0.3 is 6.18 Å². The minimum absolute atomic E-state index is 0.0894. The van der Waals surface area contributed by atoms with E-state index in [-0.39, 0.29) is 17.3 Å². The van der Waals surface area contributed by atoms with E-state index in [0.717, 1.165) is 17.3 Å². The van der Waals surface area contributed by atoms with Crippen molar-refractivity contribution in [3.05, 3.63) is 71.5 Å². The fraction of sp³-hybridized carbons (Fsp3) is 0.167. The third kappa shape index (κ3) is 4.20. The molecule has 0 amide bonds. The van der Waals surface area contributed by atoms with Crippen LogP contribution in [0.4, 0.5) is 13.2 Å². The molecule has 0 aliphatic heterocycles. The number of hydrogen-bond donors (Lipinski definition) is 1. The second-order valence-electron chi connectivity index (χ2n) is 6.07. The lowest BCUT2D eigenvalue weighted by atomic mass is 10.1. The number of nitrogens with two attached hydrogens (primary N) is 1. The number of alkyl halides is 3. The fourth-order valence-corrected chi connectivity index (χ4v) is 3.18. The van der Waals surface area contributed by atoms with Crippen LogP contribution in [-0.4, -0.2) is 18.0 Å². The number of imidazole rings is 1. The Kier molecular flexibility index (Phi) is 4.83. The summed E-state index contributed by atoms with van der Waals surface area (Å²) in [5, 5.41) is 5.06. The summed E-state index contributed by atoms with van der Waals surface area (Å²) in [5.41, 5.74) is 1.13. The van der Waals surface area contributed by atoms with E-state index in [0.29, 0.717) is 5.56 Å². The first-order chi connectivity index (χ1) is 12.6. The van der Waals surface area contributed by atoms with Gasteiger partial charge in [0.15, 0.2) is 5.69 Å². The fourth-order valence-electron chi connectivity index (χ4n) is 2.67. The van der Waals surface area contributed by atoms with Crippen LogP contribution in [0.15, 0.2) is 59.6 Å². The summed E-state index contributed by atoms with van der Waals surface area (Å²) in [6.07, 6.45) is -3.64. The van der Waals surface area contributed by atoms with Gasteiger partial charge in [0.25, 0.3) is 0 Å². The zero-order chi connectivity index (χ0) is 19.8. The first kappa shape index (κ1) is 19.1. The molecule has 0 aliphatic rings. The van der Waals surface area contributed by atoms with Crippen molar-refractivity contribution >= 4 is 10.0 Å². The molecule has 0 fully saturated rings. The van der Waals surface area contributed by atoms with Crippen LogP contribution in [-0.2, 0) is 22.7 Å². The molecule has 5 nitrogen and oxygen atoms in total. The van der Waals surface area contributed by atoms with Crippen LogP contribution >= 0.6 is 0 Å². The lowest BCUT2D eigenvalue weighted by Gasteiger charge is -2.10. The molecule has 27 heavy (non-hydrogen) atoms. The van der Waals surface area contributed by atoms with Crippen molar-refractivity contribution in [2.75, 3.05) is 0 Å². The summed E-state index contributed by atoms with van der Waals surface area (Å²) in [6.45, 7) is 2.07. The van der Waals surface area contributed by atoms with E-state index in [4.69, 9.17) is 5.14 Å². The predicted octanol–water partition coefficient (Wildman–Crippen LogP) is 3.57. The van der Waals surface area contributed by atoms with Crippen LogP contribution in [0.5, 0.6) is 0 Å². The summed E-state index contributed by atoms with van der Waals surface area (Å²) >= 11 is 0. The van der Waals surface area contributed by atoms with E-state index >= 15 is 0 Å². The van der Waals surface area contributed by atoms with Gasteiger partial charge in [-0.2, -0.15) is 13.2 Å². The number of sulfonamides is 1. The monoisotopic (exact) mass is 395 g/mol. The van der Waals surface area contributed by atoms with Gasteiger partial charge in [0.2, 0.25) is 10.0 Å². The molecule has 2 N–H and O–H groups in total. The average Bonchev–Trinajstić information content (AvgIpc) is 3.00. The number of aryl methyl sites for hydroxylation is 1. The molecule has 1 aromatic heterocycles. The largest absolute Gasteiger partial charge is 0.434 e. The quantitative estimate of drug-likeness (QED) is 0.734. The van der Waals surface area contributed by atoms with Crippen molar-refractivity contribution in [1.82, 2.24) is 9.55 Å². The van der Waals surface area contributed by atoms with Gasteiger partial charge in [0, 0.05) is 18.3 Å². The molecule has 0 radical (unpaired) electrons.